The van der Waals surface area contributed by atoms with E-state index in [0.29, 0.717) is 35.1 Å². The number of halogens is 6. The molecule has 0 saturated heterocycles. The van der Waals surface area contributed by atoms with Crippen molar-refractivity contribution >= 4 is 11.7 Å². The number of pyridine rings is 1. The number of primary amides is 1. The van der Waals surface area contributed by atoms with Crippen molar-refractivity contribution in [3.05, 3.63) is 106 Å². The number of hydrogen-bond acceptors (Lipinski definition) is 5. The number of aromatic nitrogens is 3. The lowest BCUT2D eigenvalue weighted by Crippen LogP contribution is -2.29. The number of amides is 1. The first kappa shape index (κ1) is 30.9. The molecule has 44 heavy (non-hydrogen) atoms. The third-order valence-electron chi connectivity index (χ3n) is 7.57. The Morgan fingerprint density at radius 1 is 1.05 bits per heavy atom. The molecule has 1 aliphatic rings. The van der Waals surface area contributed by atoms with E-state index in [9.17, 15) is 35.9 Å². The average molecular weight is 616 g/mol. The van der Waals surface area contributed by atoms with Crippen LogP contribution >= 0.6 is 0 Å². The summed E-state index contributed by atoms with van der Waals surface area (Å²) in [7, 11) is 1.76. The largest absolute Gasteiger partial charge is 0.435 e. The van der Waals surface area contributed by atoms with Gasteiger partial charge in [0, 0.05) is 48.8 Å². The molecule has 7 nitrogen and oxygen atoms in total. The number of nitrogens with zero attached hydrogens (tertiary/aromatic N) is 4. The van der Waals surface area contributed by atoms with Crippen molar-refractivity contribution in [3.8, 4) is 11.1 Å². The van der Waals surface area contributed by atoms with Gasteiger partial charge in [-0.2, -0.15) is 18.3 Å². The normalized spacial score (nSPS) is 14.3. The monoisotopic (exact) mass is 615 g/mol. The van der Waals surface area contributed by atoms with Gasteiger partial charge < -0.3 is 10.6 Å². The minimum atomic E-state index is -4.69. The Bertz CT molecular complexity index is 1710. The van der Waals surface area contributed by atoms with Crippen molar-refractivity contribution in [1.82, 2.24) is 19.7 Å². The van der Waals surface area contributed by atoms with Gasteiger partial charge in [-0.1, -0.05) is 12.1 Å². The summed E-state index contributed by atoms with van der Waals surface area (Å²) >= 11 is 0. The number of carbonyl (C=O) groups is 2. The Balaban J connectivity index is 1.53. The summed E-state index contributed by atoms with van der Waals surface area (Å²) in [6.45, 7) is 0.116. The molecule has 13 heteroatoms. The molecular formula is C31H27F6N5O2. The van der Waals surface area contributed by atoms with Crippen LogP contribution in [0.1, 0.15) is 50.9 Å². The lowest BCUT2D eigenvalue weighted by atomic mass is 9.86. The van der Waals surface area contributed by atoms with Gasteiger partial charge in [0.05, 0.1) is 23.5 Å². The summed E-state index contributed by atoms with van der Waals surface area (Å²) in [5.41, 5.74) is 5.56. The molecule has 0 fully saturated rings. The molecule has 0 bridgehead atoms. The SMILES string of the molecule is CN1CCc2c(C(F)(F)F)nn(CC(=O)C[C@@H](Cc3cc(F)cc(F)c3)c3ncccc3-c3ccc(F)c(C(N)=O)c3)c2C1. The first-order chi connectivity index (χ1) is 20.8. The molecule has 3 heterocycles. The second-order valence-electron chi connectivity index (χ2n) is 10.8. The average Bonchev–Trinajstić information content (AvgIpc) is 3.30. The zero-order chi connectivity index (χ0) is 31.8. The third-order valence-corrected chi connectivity index (χ3v) is 7.57. The molecule has 4 aromatic rings. The molecule has 0 spiro atoms. The predicted octanol–water partition coefficient (Wildman–Crippen LogP) is 5.45. The van der Waals surface area contributed by atoms with E-state index in [-0.39, 0.29) is 42.5 Å². The van der Waals surface area contributed by atoms with E-state index in [4.69, 9.17) is 5.73 Å². The maximum Gasteiger partial charge on any atom is 0.435 e. The number of fused-ring (bicyclic) bond motifs is 1. The van der Waals surface area contributed by atoms with Crippen LogP contribution in [0.3, 0.4) is 0 Å². The Morgan fingerprint density at radius 3 is 2.45 bits per heavy atom. The first-order valence-electron chi connectivity index (χ1n) is 13.7. The number of alkyl halides is 3. The highest BCUT2D eigenvalue weighted by atomic mass is 19.4. The maximum absolute atomic E-state index is 14.2. The molecule has 0 aliphatic carbocycles. The van der Waals surface area contributed by atoms with E-state index in [1.807, 2.05) is 4.90 Å². The highest BCUT2D eigenvalue weighted by Crippen LogP contribution is 2.36. The Hall–Kier alpha value is -4.52. The molecule has 230 valence electrons. The standard InChI is InChI=1S/C31H27F6N5O2/c1-41-8-6-24-27(16-41)42(40-29(24)31(35,36)37)15-22(43)12-19(9-17-10-20(32)14-21(33)11-17)28-23(3-2-7-39-28)18-4-5-26(34)25(13-18)30(38)44/h2-5,7,10-11,13-14,19H,6,8-9,12,15-16H2,1H3,(H2,38,44)/t19-/m1/s1. The zero-order valence-electron chi connectivity index (χ0n) is 23.5. The van der Waals surface area contributed by atoms with Crippen LogP contribution in [-0.2, 0) is 36.9 Å². The van der Waals surface area contributed by atoms with Crippen LogP contribution in [-0.4, -0.2) is 44.9 Å². The number of likely N-dealkylation sites (N-methyl/N-ethyl adjacent to an activating group) is 1. The number of rotatable bonds is 9. The van der Waals surface area contributed by atoms with E-state index in [1.54, 1.807) is 19.2 Å². The minimum Gasteiger partial charge on any atom is -0.366 e. The summed E-state index contributed by atoms with van der Waals surface area (Å²) in [4.78, 5) is 31.6. The molecule has 0 unspecified atom stereocenters. The van der Waals surface area contributed by atoms with Crippen LogP contribution in [0.25, 0.3) is 11.1 Å². The smallest absolute Gasteiger partial charge is 0.366 e. The van der Waals surface area contributed by atoms with E-state index in [2.05, 4.69) is 10.1 Å². The second-order valence-corrected chi connectivity index (χ2v) is 10.8. The van der Waals surface area contributed by atoms with E-state index in [1.165, 1.54) is 18.3 Å². The molecular weight excluding hydrogens is 588 g/mol. The summed E-state index contributed by atoms with van der Waals surface area (Å²) in [5, 5.41) is 3.77. The van der Waals surface area contributed by atoms with Gasteiger partial charge in [-0.05, 0) is 61.3 Å². The molecule has 1 atom stereocenters. The molecule has 0 radical (unpaired) electrons. The van der Waals surface area contributed by atoms with Crippen LogP contribution in [0.15, 0.2) is 54.7 Å². The molecule has 1 amide bonds. The number of hydrogen-bond donors (Lipinski definition) is 1. The fourth-order valence-electron chi connectivity index (χ4n) is 5.62. The topological polar surface area (TPSA) is 94.1 Å². The van der Waals surface area contributed by atoms with Crippen LogP contribution in [0.4, 0.5) is 26.3 Å². The van der Waals surface area contributed by atoms with E-state index >= 15 is 0 Å². The third kappa shape index (κ3) is 6.67. The predicted molar refractivity (Wildman–Crippen MR) is 148 cm³/mol. The summed E-state index contributed by atoms with van der Waals surface area (Å²) in [6.07, 6.45) is -3.47. The second kappa shape index (κ2) is 12.2. The summed E-state index contributed by atoms with van der Waals surface area (Å²) in [6, 6.07) is 9.83. The van der Waals surface area contributed by atoms with Gasteiger partial charge in [-0.3, -0.25) is 19.3 Å². The van der Waals surface area contributed by atoms with Crippen molar-refractivity contribution in [2.45, 2.75) is 44.4 Å². The van der Waals surface area contributed by atoms with Crippen molar-refractivity contribution in [3.63, 3.8) is 0 Å². The van der Waals surface area contributed by atoms with Gasteiger partial charge in [0.15, 0.2) is 11.5 Å². The fourth-order valence-corrected chi connectivity index (χ4v) is 5.62. The first-order valence-corrected chi connectivity index (χ1v) is 13.7. The molecule has 5 rings (SSSR count). The Labute approximate surface area is 248 Å². The molecule has 2 aromatic carbocycles. The molecule has 1 aliphatic heterocycles. The van der Waals surface area contributed by atoms with Crippen molar-refractivity contribution in [2.75, 3.05) is 13.6 Å². The number of ketones is 1. The number of nitrogens with two attached hydrogens (primary N) is 1. The Kier molecular flexibility index (Phi) is 8.60. The van der Waals surface area contributed by atoms with Gasteiger partial charge in [-0.25, -0.2) is 13.2 Å². The van der Waals surface area contributed by atoms with Gasteiger partial charge in [-0.15, -0.1) is 0 Å². The van der Waals surface area contributed by atoms with Gasteiger partial charge in [0.25, 0.3) is 5.91 Å². The highest BCUT2D eigenvalue weighted by molar-refractivity contribution is 5.94. The van der Waals surface area contributed by atoms with Crippen molar-refractivity contribution in [1.29, 1.82) is 0 Å². The number of benzene rings is 2. The van der Waals surface area contributed by atoms with Crippen LogP contribution in [0.2, 0.25) is 0 Å². The lowest BCUT2D eigenvalue weighted by Gasteiger charge is -2.24. The lowest BCUT2D eigenvalue weighted by molar-refractivity contribution is -0.142. The minimum absolute atomic E-state index is 0.0590. The van der Waals surface area contributed by atoms with Crippen LogP contribution < -0.4 is 5.73 Å². The van der Waals surface area contributed by atoms with Crippen LogP contribution in [0, 0.1) is 17.5 Å². The van der Waals surface area contributed by atoms with E-state index in [0.717, 1.165) is 22.9 Å². The number of Topliss-reactive ketones (excluding diaryl/α,β-unsaturated/α-hetero) is 1. The molecule has 0 saturated carbocycles. The molecule has 2 N–H and O–H groups in total. The van der Waals surface area contributed by atoms with Crippen molar-refractivity contribution < 1.29 is 35.9 Å². The van der Waals surface area contributed by atoms with Crippen LogP contribution in [0.5, 0.6) is 0 Å². The summed E-state index contributed by atoms with van der Waals surface area (Å²) < 4.78 is 84.9. The summed E-state index contributed by atoms with van der Waals surface area (Å²) in [5.74, 6) is -4.81. The molecule has 2 aromatic heterocycles. The van der Waals surface area contributed by atoms with Crippen molar-refractivity contribution in [2.24, 2.45) is 5.73 Å². The Morgan fingerprint density at radius 2 is 1.77 bits per heavy atom. The fraction of sp³-hybridized carbons (Fsp3) is 0.290. The highest BCUT2D eigenvalue weighted by Gasteiger charge is 2.40. The van der Waals surface area contributed by atoms with E-state index < -0.39 is 53.5 Å². The maximum atomic E-state index is 14.2. The zero-order valence-corrected chi connectivity index (χ0v) is 23.5. The van der Waals surface area contributed by atoms with Gasteiger partial charge in [0.1, 0.15) is 17.5 Å². The number of carbonyl (C=O) groups excluding carboxylic acids is 2. The van der Waals surface area contributed by atoms with Gasteiger partial charge in [0.2, 0.25) is 0 Å². The van der Waals surface area contributed by atoms with Gasteiger partial charge >= 0.3 is 6.18 Å². The quantitative estimate of drug-likeness (QED) is 0.253.